The van der Waals surface area contributed by atoms with Gasteiger partial charge < -0.3 is 15.3 Å². The zero-order valence-corrected chi connectivity index (χ0v) is 5.55. The van der Waals surface area contributed by atoms with Gasteiger partial charge in [-0.2, -0.15) is 0 Å². The Morgan fingerprint density at radius 1 is 1.45 bits per heavy atom. The van der Waals surface area contributed by atoms with Crippen molar-refractivity contribution in [3.8, 4) is 0 Å². The standard InChI is InChI=1S/C5H7N3O3/c9-3-5(10,11)4-1-2-6-8-7-4/h1-2,9-11H,3H2. The molecule has 11 heavy (non-hydrogen) atoms. The van der Waals surface area contributed by atoms with Crippen molar-refractivity contribution in [1.82, 2.24) is 15.4 Å². The Morgan fingerprint density at radius 3 is 2.64 bits per heavy atom. The van der Waals surface area contributed by atoms with Crippen molar-refractivity contribution in [2.75, 3.05) is 6.61 Å². The third-order valence-electron chi connectivity index (χ3n) is 1.13. The fourth-order valence-corrected chi connectivity index (χ4v) is 0.536. The van der Waals surface area contributed by atoms with Crippen LogP contribution >= 0.6 is 0 Å². The zero-order valence-electron chi connectivity index (χ0n) is 5.55. The van der Waals surface area contributed by atoms with Crippen LogP contribution in [-0.4, -0.2) is 37.3 Å². The van der Waals surface area contributed by atoms with E-state index in [4.69, 9.17) is 15.3 Å². The van der Waals surface area contributed by atoms with Gasteiger partial charge in [-0.3, -0.25) is 0 Å². The van der Waals surface area contributed by atoms with E-state index in [2.05, 4.69) is 15.4 Å². The van der Waals surface area contributed by atoms with Crippen molar-refractivity contribution in [3.05, 3.63) is 18.0 Å². The molecule has 1 heterocycles. The molecule has 0 aliphatic carbocycles. The quantitative estimate of drug-likeness (QED) is 0.429. The van der Waals surface area contributed by atoms with Gasteiger partial charge in [0.1, 0.15) is 12.3 Å². The predicted molar refractivity (Wildman–Crippen MR) is 33.0 cm³/mol. The number of hydrogen-bond donors (Lipinski definition) is 3. The topological polar surface area (TPSA) is 99.4 Å². The minimum Gasteiger partial charge on any atom is -0.390 e. The molecule has 0 aliphatic heterocycles. The minimum absolute atomic E-state index is 0.130. The van der Waals surface area contributed by atoms with Gasteiger partial charge in [-0.1, -0.05) is 0 Å². The normalized spacial score (nSPS) is 11.5. The maximum atomic E-state index is 8.97. The van der Waals surface area contributed by atoms with Crippen LogP contribution in [0.4, 0.5) is 0 Å². The zero-order chi connectivity index (χ0) is 8.32. The van der Waals surface area contributed by atoms with Gasteiger partial charge in [0.05, 0.1) is 6.20 Å². The number of aliphatic hydroxyl groups is 3. The van der Waals surface area contributed by atoms with Crippen LogP contribution in [0.5, 0.6) is 0 Å². The molecule has 3 N–H and O–H groups in total. The first-order chi connectivity index (χ1) is 5.17. The molecule has 0 amide bonds. The molecule has 0 fully saturated rings. The summed E-state index contributed by atoms with van der Waals surface area (Å²) < 4.78 is 0. The average Bonchev–Trinajstić information content (AvgIpc) is 2.06. The van der Waals surface area contributed by atoms with Gasteiger partial charge in [-0.15, -0.1) is 10.2 Å². The molecule has 0 aromatic carbocycles. The smallest absolute Gasteiger partial charge is 0.233 e. The molecule has 6 heteroatoms. The Morgan fingerprint density at radius 2 is 2.18 bits per heavy atom. The van der Waals surface area contributed by atoms with Crippen LogP contribution in [0.15, 0.2) is 12.3 Å². The van der Waals surface area contributed by atoms with E-state index in [-0.39, 0.29) is 5.69 Å². The molecule has 1 aromatic rings. The summed E-state index contributed by atoms with van der Waals surface area (Å²) in [5, 5.41) is 36.2. The first kappa shape index (κ1) is 7.99. The lowest BCUT2D eigenvalue weighted by atomic mass is 10.2. The van der Waals surface area contributed by atoms with E-state index >= 15 is 0 Å². The largest absolute Gasteiger partial charge is 0.390 e. The maximum absolute atomic E-state index is 8.97. The van der Waals surface area contributed by atoms with E-state index in [1.807, 2.05) is 0 Å². The number of aliphatic hydroxyl groups excluding tert-OH is 1. The SMILES string of the molecule is OCC(O)(O)c1ccnnn1. The van der Waals surface area contributed by atoms with Crippen LogP contribution in [0.25, 0.3) is 0 Å². The van der Waals surface area contributed by atoms with E-state index in [0.717, 1.165) is 0 Å². The van der Waals surface area contributed by atoms with E-state index in [0.29, 0.717) is 0 Å². The molecule has 60 valence electrons. The molecule has 0 atom stereocenters. The van der Waals surface area contributed by atoms with Crippen molar-refractivity contribution in [2.45, 2.75) is 5.79 Å². The number of hydrogen-bond acceptors (Lipinski definition) is 6. The minimum atomic E-state index is -2.32. The van der Waals surface area contributed by atoms with Crippen LogP contribution in [0, 0.1) is 0 Å². The van der Waals surface area contributed by atoms with Crippen molar-refractivity contribution in [1.29, 1.82) is 0 Å². The van der Waals surface area contributed by atoms with Gasteiger partial charge in [0.15, 0.2) is 0 Å². The Bertz CT molecular complexity index is 226. The first-order valence-electron chi connectivity index (χ1n) is 2.87. The second-order valence-electron chi connectivity index (χ2n) is 1.98. The van der Waals surface area contributed by atoms with Crippen LogP contribution in [-0.2, 0) is 5.79 Å². The molecule has 0 unspecified atom stereocenters. The Balaban J connectivity index is 2.93. The van der Waals surface area contributed by atoms with Gasteiger partial charge in [0.25, 0.3) is 0 Å². The fraction of sp³-hybridized carbons (Fsp3) is 0.400. The predicted octanol–water partition coefficient (Wildman–Crippen LogP) is -2.00. The molecule has 0 radical (unpaired) electrons. The molecule has 6 nitrogen and oxygen atoms in total. The van der Waals surface area contributed by atoms with Crippen molar-refractivity contribution in [2.24, 2.45) is 0 Å². The highest BCUT2D eigenvalue weighted by Crippen LogP contribution is 2.11. The van der Waals surface area contributed by atoms with Crippen LogP contribution in [0.2, 0.25) is 0 Å². The molecule has 0 spiro atoms. The van der Waals surface area contributed by atoms with Gasteiger partial charge >= 0.3 is 0 Å². The lowest BCUT2D eigenvalue weighted by molar-refractivity contribution is -0.198. The monoisotopic (exact) mass is 157 g/mol. The maximum Gasteiger partial charge on any atom is 0.233 e. The van der Waals surface area contributed by atoms with E-state index < -0.39 is 12.4 Å². The second kappa shape index (κ2) is 2.87. The molecular formula is C5H7N3O3. The summed E-state index contributed by atoms with van der Waals surface area (Å²) >= 11 is 0. The van der Waals surface area contributed by atoms with Gasteiger partial charge in [-0.05, 0) is 11.3 Å². The summed E-state index contributed by atoms with van der Waals surface area (Å²) in [6.07, 6.45) is 1.25. The molecule has 1 rings (SSSR count). The Hall–Kier alpha value is -1.11. The molecule has 0 aliphatic rings. The Kier molecular flexibility index (Phi) is 2.08. The second-order valence-corrected chi connectivity index (χ2v) is 1.98. The number of rotatable bonds is 2. The highest BCUT2D eigenvalue weighted by atomic mass is 16.5. The molecular weight excluding hydrogens is 150 g/mol. The lowest BCUT2D eigenvalue weighted by Crippen LogP contribution is -2.31. The van der Waals surface area contributed by atoms with Crippen LogP contribution < -0.4 is 0 Å². The van der Waals surface area contributed by atoms with E-state index in [9.17, 15) is 0 Å². The highest BCUT2D eigenvalue weighted by Gasteiger charge is 2.26. The van der Waals surface area contributed by atoms with Gasteiger partial charge in [0, 0.05) is 0 Å². The summed E-state index contributed by atoms with van der Waals surface area (Å²) in [5.74, 6) is -2.32. The van der Waals surface area contributed by atoms with E-state index in [1.165, 1.54) is 12.3 Å². The van der Waals surface area contributed by atoms with Crippen LogP contribution in [0.1, 0.15) is 5.69 Å². The number of nitrogens with zero attached hydrogens (tertiary/aromatic N) is 3. The molecule has 0 saturated carbocycles. The summed E-state index contributed by atoms with van der Waals surface area (Å²) in [7, 11) is 0. The van der Waals surface area contributed by atoms with Gasteiger partial charge in [-0.25, -0.2) is 0 Å². The summed E-state index contributed by atoms with van der Waals surface area (Å²) in [6, 6.07) is 1.25. The summed E-state index contributed by atoms with van der Waals surface area (Å²) in [6.45, 7) is -0.828. The summed E-state index contributed by atoms with van der Waals surface area (Å²) in [4.78, 5) is 0. The molecule has 0 bridgehead atoms. The van der Waals surface area contributed by atoms with Crippen molar-refractivity contribution >= 4 is 0 Å². The first-order valence-corrected chi connectivity index (χ1v) is 2.87. The third-order valence-corrected chi connectivity index (χ3v) is 1.13. The lowest BCUT2D eigenvalue weighted by Gasteiger charge is -2.15. The fourth-order valence-electron chi connectivity index (χ4n) is 0.536. The molecule has 0 saturated heterocycles. The van der Waals surface area contributed by atoms with Crippen molar-refractivity contribution in [3.63, 3.8) is 0 Å². The number of aromatic nitrogens is 3. The molecule has 1 aromatic heterocycles. The highest BCUT2D eigenvalue weighted by molar-refractivity contribution is 5.03. The van der Waals surface area contributed by atoms with Gasteiger partial charge in [0.2, 0.25) is 5.79 Å². The summed E-state index contributed by atoms with van der Waals surface area (Å²) in [5.41, 5.74) is -0.130. The third kappa shape index (κ3) is 1.67. The van der Waals surface area contributed by atoms with Crippen LogP contribution in [0.3, 0.4) is 0 Å². The van der Waals surface area contributed by atoms with E-state index in [1.54, 1.807) is 0 Å². The Labute approximate surface area is 62.1 Å². The average molecular weight is 157 g/mol. The van der Waals surface area contributed by atoms with Crippen molar-refractivity contribution < 1.29 is 15.3 Å².